The third kappa shape index (κ3) is 5.23. The molecular formula is C26H27F4N3O3. The highest BCUT2D eigenvalue weighted by Gasteiger charge is 2.39. The molecule has 6 nitrogen and oxygen atoms in total. The predicted octanol–water partition coefficient (Wildman–Crippen LogP) is 5.33. The van der Waals surface area contributed by atoms with E-state index in [1.54, 1.807) is 26.0 Å². The molecule has 1 aliphatic rings. The van der Waals surface area contributed by atoms with Crippen LogP contribution < -0.4 is 10.1 Å². The van der Waals surface area contributed by atoms with E-state index in [9.17, 15) is 27.5 Å². The van der Waals surface area contributed by atoms with Gasteiger partial charge in [0.2, 0.25) is 0 Å². The number of nitrogens with zero attached hydrogens (tertiary/aromatic N) is 2. The molecule has 3 aromatic rings. The van der Waals surface area contributed by atoms with E-state index >= 15 is 0 Å². The number of nitrogens with one attached hydrogen (secondary N) is 1. The first-order valence-corrected chi connectivity index (χ1v) is 11.6. The summed E-state index contributed by atoms with van der Waals surface area (Å²) in [5.41, 5.74) is 0.0671. The van der Waals surface area contributed by atoms with E-state index < -0.39 is 30.4 Å². The van der Waals surface area contributed by atoms with Gasteiger partial charge >= 0.3 is 6.18 Å². The maximum absolute atomic E-state index is 13.8. The summed E-state index contributed by atoms with van der Waals surface area (Å²) in [6.07, 6.45) is -1.77. The summed E-state index contributed by atoms with van der Waals surface area (Å²) in [6, 6.07) is 7.03. The van der Waals surface area contributed by atoms with Gasteiger partial charge in [0.05, 0.1) is 24.8 Å². The van der Waals surface area contributed by atoms with Gasteiger partial charge in [-0.05, 0) is 67.5 Å². The van der Waals surface area contributed by atoms with Crippen LogP contribution in [-0.2, 0) is 19.8 Å². The molecule has 2 N–H and O–H groups in total. The van der Waals surface area contributed by atoms with Gasteiger partial charge in [-0.25, -0.2) is 4.39 Å². The fourth-order valence-corrected chi connectivity index (χ4v) is 4.33. The zero-order chi connectivity index (χ0) is 26.2. The molecule has 36 heavy (non-hydrogen) atoms. The Balaban J connectivity index is 1.81. The van der Waals surface area contributed by atoms with Crippen LogP contribution in [0.5, 0.6) is 5.75 Å². The first-order valence-electron chi connectivity index (χ1n) is 11.6. The number of aliphatic hydroxyl groups excluding tert-OH is 1. The summed E-state index contributed by atoms with van der Waals surface area (Å²) < 4.78 is 61.9. The van der Waals surface area contributed by atoms with E-state index in [0.717, 1.165) is 23.1 Å². The number of hydrogen-bond acceptors (Lipinski definition) is 4. The van der Waals surface area contributed by atoms with Crippen LogP contribution in [0.2, 0.25) is 0 Å². The van der Waals surface area contributed by atoms with Crippen molar-refractivity contribution in [3.05, 3.63) is 70.3 Å². The number of aryl methyl sites for hydroxylation is 2. The van der Waals surface area contributed by atoms with Gasteiger partial charge in [0, 0.05) is 24.4 Å². The normalized spacial score (nSPS) is 14.6. The summed E-state index contributed by atoms with van der Waals surface area (Å²) in [5.74, 6) is -0.789. The number of rotatable bonds is 8. The average Bonchev–Trinajstić information content (AvgIpc) is 3.59. The van der Waals surface area contributed by atoms with Crippen molar-refractivity contribution in [3.8, 4) is 16.9 Å². The Morgan fingerprint density at radius 3 is 2.56 bits per heavy atom. The van der Waals surface area contributed by atoms with Crippen LogP contribution >= 0.6 is 0 Å². The monoisotopic (exact) mass is 505 g/mol. The van der Waals surface area contributed by atoms with Gasteiger partial charge in [0.25, 0.3) is 5.91 Å². The Labute approximate surface area is 205 Å². The number of halogens is 4. The Hall–Kier alpha value is -3.40. The first-order chi connectivity index (χ1) is 17.0. The van der Waals surface area contributed by atoms with Crippen molar-refractivity contribution in [2.24, 2.45) is 13.0 Å². The third-order valence-corrected chi connectivity index (χ3v) is 6.17. The molecule has 1 aromatic heterocycles. The van der Waals surface area contributed by atoms with Crippen LogP contribution in [0.4, 0.5) is 17.6 Å². The molecule has 0 spiro atoms. The Kier molecular flexibility index (Phi) is 7.08. The lowest BCUT2D eigenvalue weighted by Gasteiger charge is -2.22. The number of alkyl halides is 3. The smallest absolute Gasteiger partial charge is 0.435 e. The van der Waals surface area contributed by atoms with E-state index in [2.05, 4.69) is 10.4 Å². The molecule has 1 heterocycles. The molecule has 0 radical (unpaired) electrons. The molecule has 1 aliphatic carbocycles. The average molecular weight is 506 g/mol. The van der Waals surface area contributed by atoms with Gasteiger partial charge in [-0.3, -0.25) is 9.48 Å². The van der Waals surface area contributed by atoms with E-state index in [4.69, 9.17) is 4.74 Å². The number of hydrogen-bond donors (Lipinski definition) is 2. The predicted molar refractivity (Wildman–Crippen MR) is 125 cm³/mol. The fourth-order valence-electron chi connectivity index (χ4n) is 4.33. The molecule has 1 fully saturated rings. The number of ether oxygens (including phenoxy) is 1. The molecule has 0 saturated heterocycles. The number of benzene rings is 2. The molecule has 2 aromatic carbocycles. The quantitative estimate of drug-likeness (QED) is 0.406. The molecule has 10 heteroatoms. The summed E-state index contributed by atoms with van der Waals surface area (Å²) in [6.45, 7) is 2.90. The van der Waals surface area contributed by atoms with Crippen molar-refractivity contribution in [2.45, 2.75) is 45.5 Å². The van der Waals surface area contributed by atoms with Crippen molar-refractivity contribution in [1.82, 2.24) is 15.1 Å². The molecule has 1 atom stereocenters. The second kappa shape index (κ2) is 9.93. The highest BCUT2D eigenvalue weighted by Crippen LogP contribution is 2.44. The molecule has 192 valence electrons. The highest BCUT2D eigenvalue weighted by molar-refractivity contribution is 6.00. The van der Waals surface area contributed by atoms with Crippen LogP contribution in [0, 0.1) is 18.7 Å². The van der Waals surface area contributed by atoms with Crippen LogP contribution in [0.25, 0.3) is 11.1 Å². The van der Waals surface area contributed by atoms with Gasteiger partial charge in [0.1, 0.15) is 11.6 Å². The standard InChI is InChI=1S/C26H27F4N3O3/c1-4-36-23-18(20-12-33(3)32-24(20)26(28,29)30)10-15(13-34)11-19(23)25(35)31-22(16-5-6-16)17-7-8-21(27)14(2)9-17/h7-12,16,22,34H,4-6,13H2,1-3H3,(H,31,35). The van der Waals surface area contributed by atoms with Crippen LogP contribution in [-0.4, -0.2) is 27.4 Å². The minimum Gasteiger partial charge on any atom is -0.492 e. The summed E-state index contributed by atoms with van der Waals surface area (Å²) in [4.78, 5) is 13.6. The van der Waals surface area contributed by atoms with Gasteiger partial charge in [0.15, 0.2) is 5.69 Å². The number of carbonyl (C=O) groups excluding carboxylic acids is 1. The van der Waals surface area contributed by atoms with E-state index in [0.29, 0.717) is 5.56 Å². The maximum atomic E-state index is 13.8. The summed E-state index contributed by atoms with van der Waals surface area (Å²) in [7, 11) is 1.37. The van der Waals surface area contributed by atoms with E-state index in [1.807, 2.05) is 0 Å². The SMILES string of the molecule is CCOc1c(C(=O)NC(c2ccc(F)c(C)c2)C2CC2)cc(CO)cc1-c1cn(C)nc1C(F)(F)F. The van der Waals surface area contributed by atoms with Gasteiger partial charge in [-0.2, -0.15) is 18.3 Å². The lowest BCUT2D eigenvalue weighted by atomic mass is 9.96. The third-order valence-electron chi connectivity index (χ3n) is 6.17. The second-order valence-corrected chi connectivity index (χ2v) is 8.97. The van der Waals surface area contributed by atoms with E-state index in [1.165, 1.54) is 31.4 Å². The number of carbonyl (C=O) groups is 1. The zero-order valence-corrected chi connectivity index (χ0v) is 20.1. The van der Waals surface area contributed by atoms with Crippen LogP contribution in [0.15, 0.2) is 36.5 Å². The summed E-state index contributed by atoms with van der Waals surface area (Å²) >= 11 is 0. The molecular weight excluding hydrogens is 478 g/mol. The summed E-state index contributed by atoms with van der Waals surface area (Å²) in [5, 5.41) is 16.4. The van der Waals surface area contributed by atoms with Gasteiger partial charge < -0.3 is 15.2 Å². The molecule has 1 saturated carbocycles. The fraction of sp³-hybridized carbons (Fsp3) is 0.385. The van der Waals surface area contributed by atoms with Crippen molar-refractivity contribution >= 4 is 5.91 Å². The minimum absolute atomic E-state index is 0.000129. The molecule has 1 unspecified atom stereocenters. The molecule has 0 bridgehead atoms. The number of aromatic nitrogens is 2. The molecule has 4 rings (SSSR count). The Bertz CT molecular complexity index is 1280. The number of amides is 1. The Morgan fingerprint density at radius 1 is 1.25 bits per heavy atom. The van der Waals surface area contributed by atoms with Gasteiger partial charge in [-0.15, -0.1) is 0 Å². The molecule has 1 amide bonds. The lowest BCUT2D eigenvalue weighted by Crippen LogP contribution is -2.30. The van der Waals surface area contributed by atoms with Crippen LogP contribution in [0.3, 0.4) is 0 Å². The highest BCUT2D eigenvalue weighted by atomic mass is 19.4. The van der Waals surface area contributed by atoms with Crippen molar-refractivity contribution < 1.29 is 32.2 Å². The number of aliphatic hydroxyl groups is 1. The van der Waals surface area contributed by atoms with Crippen molar-refractivity contribution in [3.63, 3.8) is 0 Å². The van der Waals surface area contributed by atoms with Gasteiger partial charge in [-0.1, -0.05) is 12.1 Å². The maximum Gasteiger partial charge on any atom is 0.435 e. The lowest BCUT2D eigenvalue weighted by molar-refractivity contribution is -0.140. The van der Waals surface area contributed by atoms with Crippen molar-refractivity contribution in [2.75, 3.05) is 6.61 Å². The largest absolute Gasteiger partial charge is 0.492 e. The minimum atomic E-state index is -4.74. The first kappa shape index (κ1) is 25.7. The van der Waals surface area contributed by atoms with E-state index in [-0.39, 0.29) is 46.3 Å². The Morgan fingerprint density at radius 2 is 1.97 bits per heavy atom. The van der Waals surface area contributed by atoms with Crippen LogP contribution in [0.1, 0.15) is 58.5 Å². The van der Waals surface area contributed by atoms with Crippen molar-refractivity contribution in [1.29, 1.82) is 0 Å². The zero-order valence-electron chi connectivity index (χ0n) is 20.1. The molecule has 0 aliphatic heterocycles. The topological polar surface area (TPSA) is 76.4 Å². The second-order valence-electron chi connectivity index (χ2n) is 8.97.